The molecular formula is C24H25N5O2. The van der Waals surface area contributed by atoms with Gasteiger partial charge in [0.25, 0.3) is 0 Å². The van der Waals surface area contributed by atoms with Crippen LogP contribution in [0.15, 0.2) is 54.6 Å². The van der Waals surface area contributed by atoms with E-state index in [-0.39, 0.29) is 12.3 Å². The van der Waals surface area contributed by atoms with Crippen LogP contribution < -0.4 is 4.74 Å². The maximum absolute atomic E-state index is 13.0. The number of rotatable bonds is 7. The van der Waals surface area contributed by atoms with E-state index in [2.05, 4.69) is 20.0 Å². The lowest BCUT2D eigenvalue weighted by atomic mass is 10.1. The van der Waals surface area contributed by atoms with Gasteiger partial charge in [0, 0.05) is 28.2 Å². The summed E-state index contributed by atoms with van der Waals surface area (Å²) in [7, 11) is 0. The van der Waals surface area contributed by atoms with Crippen LogP contribution in [0.3, 0.4) is 0 Å². The van der Waals surface area contributed by atoms with E-state index in [1.54, 1.807) is 0 Å². The summed E-state index contributed by atoms with van der Waals surface area (Å²) >= 11 is 0. The molecule has 0 saturated heterocycles. The molecule has 0 aliphatic carbocycles. The van der Waals surface area contributed by atoms with Gasteiger partial charge in [0.1, 0.15) is 12.3 Å². The molecule has 0 saturated carbocycles. The Kier molecular flexibility index (Phi) is 5.66. The molecule has 0 aliphatic rings. The number of ketones is 1. The van der Waals surface area contributed by atoms with Gasteiger partial charge < -0.3 is 9.30 Å². The second-order valence-electron chi connectivity index (χ2n) is 7.43. The smallest absolute Gasteiger partial charge is 0.205 e. The predicted molar refractivity (Wildman–Crippen MR) is 119 cm³/mol. The molecule has 7 heteroatoms. The Bertz CT molecular complexity index is 1220. The van der Waals surface area contributed by atoms with Crippen LogP contribution in [-0.2, 0) is 6.54 Å². The third-order valence-corrected chi connectivity index (χ3v) is 5.26. The molecule has 7 nitrogen and oxygen atoms in total. The van der Waals surface area contributed by atoms with E-state index >= 15 is 0 Å². The first-order chi connectivity index (χ1) is 15.0. The van der Waals surface area contributed by atoms with Crippen molar-refractivity contribution in [2.75, 3.05) is 6.61 Å². The van der Waals surface area contributed by atoms with Gasteiger partial charge >= 0.3 is 0 Å². The summed E-state index contributed by atoms with van der Waals surface area (Å²) in [6.07, 6.45) is 0. The molecule has 0 fully saturated rings. The number of hydrogen-bond acceptors (Lipinski definition) is 5. The Labute approximate surface area is 181 Å². The van der Waals surface area contributed by atoms with Crippen molar-refractivity contribution in [3.05, 3.63) is 77.1 Å². The van der Waals surface area contributed by atoms with E-state index in [0.29, 0.717) is 18.0 Å². The Morgan fingerprint density at radius 1 is 1.03 bits per heavy atom. The monoisotopic (exact) mass is 415 g/mol. The molecule has 0 aliphatic heterocycles. The van der Waals surface area contributed by atoms with Gasteiger partial charge in [0.05, 0.1) is 6.61 Å². The lowest BCUT2D eigenvalue weighted by Gasteiger charge is -2.11. The second kappa shape index (κ2) is 8.55. The minimum absolute atomic E-state index is 0.0342. The maximum Gasteiger partial charge on any atom is 0.205 e. The summed E-state index contributed by atoms with van der Waals surface area (Å²) in [6, 6.07) is 17.6. The fourth-order valence-electron chi connectivity index (χ4n) is 3.76. The van der Waals surface area contributed by atoms with Gasteiger partial charge in [-0.2, -0.15) is 4.80 Å². The molecule has 31 heavy (non-hydrogen) atoms. The fraction of sp³-hybridized carbons (Fsp3) is 0.250. The normalized spacial score (nSPS) is 11.0. The number of nitrogens with zero attached hydrogens (tertiary/aromatic N) is 5. The van der Waals surface area contributed by atoms with Crippen molar-refractivity contribution in [2.45, 2.75) is 34.2 Å². The summed E-state index contributed by atoms with van der Waals surface area (Å²) < 4.78 is 7.59. The Balaban J connectivity index is 1.56. The molecular weight excluding hydrogens is 390 g/mol. The number of aromatic nitrogens is 5. The SMILES string of the molecule is CCOc1ccc(-n2c(C)cc(C(=O)Cn3nnc(-c4ccccc4C)n3)c2C)cc1. The van der Waals surface area contributed by atoms with Crippen molar-refractivity contribution in [3.63, 3.8) is 0 Å². The van der Waals surface area contributed by atoms with Gasteiger partial charge in [-0.05, 0) is 68.8 Å². The average Bonchev–Trinajstić information content (AvgIpc) is 3.33. The number of Topliss-reactive ketones (excluding diaryl/α,β-unsaturated/α-hetero) is 1. The standard InChI is InChI=1S/C24H25N5O2/c1-5-31-20-12-10-19(11-13-20)29-17(3)14-22(18(29)4)23(30)15-28-26-24(25-27-28)21-9-7-6-8-16(21)2/h6-14H,5,15H2,1-4H3. The van der Waals surface area contributed by atoms with Crippen molar-refractivity contribution in [3.8, 4) is 22.8 Å². The third kappa shape index (κ3) is 4.12. The van der Waals surface area contributed by atoms with Crippen LogP contribution in [0.4, 0.5) is 0 Å². The Morgan fingerprint density at radius 3 is 2.48 bits per heavy atom. The highest BCUT2D eigenvalue weighted by atomic mass is 16.5. The molecule has 2 heterocycles. The number of aryl methyl sites for hydroxylation is 2. The predicted octanol–water partition coefficient (Wildman–Crippen LogP) is 4.34. The van der Waals surface area contributed by atoms with Gasteiger partial charge in [0.2, 0.25) is 5.82 Å². The van der Waals surface area contributed by atoms with Crippen molar-refractivity contribution in [2.24, 2.45) is 0 Å². The number of carbonyl (C=O) groups excluding carboxylic acids is 1. The van der Waals surface area contributed by atoms with E-state index in [9.17, 15) is 4.79 Å². The average molecular weight is 415 g/mol. The van der Waals surface area contributed by atoms with Crippen LogP contribution in [0.1, 0.15) is 34.2 Å². The molecule has 0 amide bonds. The lowest BCUT2D eigenvalue weighted by Crippen LogP contribution is -2.14. The summed E-state index contributed by atoms with van der Waals surface area (Å²) in [4.78, 5) is 14.4. The summed E-state index contributed by atoms with van der Waals surface area (Å²) in [5.41, 5.74) is 5.48. The lowest BCUT2D eigenvalue weighted by molar-refractivity contribution is 0.0961. The molecule has 158 valence electrons. The first-order valence-corrected chi connectivity index (χ1v) is 10.3. The minimum Gasteiger partial charge on any atom is -0.494 e. The van der Waals surface area contributed by atoms with E-state index < -0.39 is 0 Å². The van der Waals surface area contributed by atoms with Crippen LogP contribution in [-0.4, -0.2) is 37.2 Å². The number of ether oxygens (including phenoxy) is 1. The number of tetrazole rings is 1. The molecule has 0 spiro atoms. The van der Waals surface area contributed by atoms with Crippen LogP contribution in [0, 0.1) is 20.8 Å². The van der Waals surface area contributed by atoms with Gasteiger partial charge in [-0.25, -0.2) is 0 Å². The minimum atomic E-state index is -0.0565. The highest BCUT2D eigenvalue weighted by Gasteiger charge is 2.19. The molecule has 0 bridgehead atoms. The van der Waals surface area contributed by atoms with Crippen LogP contribution in [0.5, 0.6) is 5.75 Å². The van der Waals surface area contributed by atoms with Gasteiger partial charge in [-0.3, -0.25) is 4.79 Å². The number of hydrogen-bond donors (Lipinski definition) is 0. The summed E-state index contributed by atoms with van der Waals surface area (Å²) in [5.74, 6) is 1.29. The van der Waals surface area contributed by atoms with E-state index in [0.717, 1.165) is 34.0 Å². The molecule has 0 N–H and O–H groups in total. The van der Waals surface area contributed by atoms with E-state index in [1.807, 2.05) is 82.3 Å². The molecule has 2 aromatic heterocycles. The number of carbonyl (C=O) groups is 1. The molecule has 0 atom stereocenters. The quantitative estimate of drug-likeness (QED) is 0.420. The van der Waals surface area contributed by atoms with Crippen molar-refractivity contribution in [1.82, 2.24) is 24.8 Å². The highest BCUT2D eigenvalue weighted by Crippen LogP contribution is 2.24. The van der Waals surface area contributed by atoms with Crippen molar-refractivity contribution < 1.29 is 9.53 Å². The molecule has 0 radical (unpaired) electrons. The van der Waals surface area contributed by atoms with E-state index in [1.165, 1.54) is 4.80 Å². The largest absolute Gasteiger partial charge is 0.494 e. The van der Waals surface area contributed by atoms with Gasteiger partial charge in [-0.1, -0.05) is 24.3 Å². The Hall–Kier alpha value is -3.74. The second-order valence-corrected chi connectivity index (χ2v) is 7.43. The molecule has 4 aromatic rings. The molecule has 0 unspecified atom stereocenters. The van der Waals surface area contributed by atoms with Gasteiger partial charge in [-0.15, -0.1) is 10.2 Å². The third-order valence-electron chi connectivity index (χ3n) is 5.26. The Morgan fingerprint density at radius 2 is 1.77 bits per heavy atom. The molecule has 4 rings (SSSR count). The zero-order chi connectivity index (χ0) is 22.0. The number of benzene rings is 2. The fourth-order valence-corrected chi connectivity index (χ4v) is 3.76. The van der Waals surface area contributed by atoms with Crippen molar-refractivity contribution >= 4 is 5.78 Å². The van der Waals surface area contributed by atoms with Crippen LogP contribution in [0.25, 0.3) is 17.1 Å². The first kappa shape index (κ1) is 20.5. The van der Waals surface area contributed by atoms with Gasteiger partial charge in [0.15, 0.2) is 5.78 Å². The van der Waals surface area contributed by atoms with Crippen molar-refractivity contribution in [1.29, 1.82) is 0 Å². The zero-order valence-electron chi connectivity index (χ0n) is 18.2. The van der Waals surface area contributed by atoms with E-state index in [4.69, 9.17) is 4.74 Å². The maximum atomic E-state index is 13.0. The summed E-state index contributed by atoms with van der Waals surface area (Å²) in [6.45, 7) is 8.55. The first-order valence-electron chi connectivity index (χ1n) is 10.3. The van der Waals surface area contributed by atoms with Crippen LogP contribution in [0.2, 0.25) is 0 Å². The van der Waals surface area contributed by atoms with Crippen LogP contribution >= 0.6 is 0 Å². The molecule has 2 aromatic carbocycles. The highest BCUT2D eigenvalue weighted by molar-refractivity contribution is 5.97. The zero-order valence-corrected chi connectivity index (χ0v) is 18.2. The topological polar surface area (TPSA) is 74.8 Å². The summed E-state index contributed by atoms with van der Waals surface area (Å²) in [5, 5.41) is 12.6.